The summed E-state index contributed by atoms with van der Waals surface area (Å²) in [6, 6.07) is 8.96. The molecule has 6 nitrogen and oxygen atoms in total. The Labute approximate surface area is 147 Å². The lowest BCUT2D eigenvalue weighted by atomic mass is 10.1. The van der Waals surface area contributed by atoms with Gasteiger partial charge in [0.25, 0.3) is 0 Å². The minimum atomic E-state index is -3.73. The van der Waals surface area contributed by atoms with Crippen LogP contribution in [-0.4, -0.2) is 19.2 Å². The van der Waals surface area contributed by atoms with Gasteiger partial charge in [-0.1, -0.05) is 31.2 Å². The van der Waals surface area contributed by atoms with Gasteiger partial charge >= 0.3 is 13.8 Å². The van der Waals surface area contributed by atoms with E-state index in [1.165, 1.54) is 0 Å². The smallest absolute Gasteiger partial charge is 0.426 e. The van der Waals surface area contributed by atoms with Crippen molar-refractivity contribution in [1.82, 2.24) is 0 Å². The Balaban J connectivity index is 2.54. The van der Waals surface area contributed by atoms with Crippen LogP contribution in [0.25, 0.3) is 10.8 Å². The first-order valence-electron chi connectivity index (χ1n) is 8.25. The van der Waals surface area contributed by atoms with Gasteiger partial charge in [-0.2, -0.15) is 0 Å². The SMILES string of the molecule is CCOP(=O)(OCC)Oc1c(C)cc(OC(=O)CC)c2ccccc12. The molecule has 2 aromatic rings. The van der Waals surface area contributed by atoms with Crippen LogP contribution in [0, 0.1) is 6.92 Å². The molecule has 0 aliphatic carbocycles. The molecule has 0 heterocycles. The van der Waals surface area contributed by atoms with Crippen LogP contribution in [0.3, 0.4) is 0 Å². The standard InChI is InChI=1S/C18H23O6P/c1-5-17(19)23-16-12-13(4)18(15-11-9-8-10-14(15)16)24-25(20,21-6-2)22-7-3/h8-12H,5-7H2,1-4H3. The van der Waals surface area contributed by atoms with Crippen molar-refractivity contribution in [1.29, 1.82) is 0 Å². The van der Waals surface area contributed by atoms with Crippen molar-refractivity contribution >= 4 is 24.6 Å². The van der Waals surface area contributed by atoms with Crippen LogP contribution in [0.2, 0.25) is 0 Å². The van der Waals surface area contributed by atoms with Crippen LogP contribution in [0.4, 0.5) is 0 Å². The third-order valence-electron chi connectivity index (χ3n) is 3.43. The number of hydrogen-bond donors (Lipinski definition) is 0. The first-order valence-corrected chi connectivity index (χ1v) is 9.71. The molecule has 0 unspecified atom stereocenters. The number of phosphoric acid groups is 1. The lowest BCUT2D eigenvalue weighted by molar-refractivity contribution is -0.133. The summed E-state index contributed by atoms with van der Waals surface area (Å²) >= 11 is 0. The summed E-state index contributed by atoms with van der Waals surface area (Å²) in [6.45, 7) is 7.34. The molecule has 2 aromatic carbocycles. The monoisotopic (exact) mass is 366 g/mol. The molecule has 0 saturated heterocycles. The summed E-state index contributed by atoms with van der Waals surface area (Å²) in [6.07, 6.45) is 0.273. The Kier molecular flexibility index (Phi) is 6.59. The van der Waals surface area contributed by atoms with Gasteiger partial charge in [-0.25, -0.2) is 4.57 Å². The van der Waals surface area contributed by atoms with Gasteiger partial charge in [0, 0.05) is 17.2 Å². The maximum Gasteiger partial charge on any atom is 0.530 e. The molecule has 25 heavy (non-hydrogen) atoms. The van der Waals surface area contributed by atoms with E-state index in [0.717, 1.165) is 0 Å². The second kappa shape index (κ2) is 8.48. The highest BCUT2D eigenvalue weighted by Gasteiger charge is 2.29. The van der Waals surface area contributed by atoms with Gasteiger partial charge in [0.05, 0.1) is 13.2 Å². The molecule has 0 fully saturated rings. The average molecular weight is 366 g/mol. The maximum absolute atomic E-state index is 12.7. The molecule has 0 aliphatic heterocycles. The lowest BCUT2D eigenvalue weighted by Gasteiger charge is -2.20. The van der Waals surface area contributed by atoms with Crippen LogP contribution in [0.5, 0.6) is 11.5 Å². The Hall–Kier alpha value is -1.88. The molecule has 0 amide bonds. The molecular formula is C18H23O6P. The molecule has 0 aliphatic rings. The summed E-state index contributed by atoms with van der Waals surface area (Å²) in [5.41, 5.74) is 0.664. The number of carbonyl (C=O) groups is 1. The van der Waals surface area contributed by atoms with E-state index in [9.17, 15) is 9.36 Å². The molecule has 0 N–H and O–H groups in total. The molecule has 0 bridgehead atoms. The molecule has 0 aromatic heterocycles. The quantitative estimate of drug-likeness (QED) is 0.371. The zero-order valence-corrected chi connectivity index (χ0v) is 15.8. The predicted octanol–water partition coefficient (Wildman–Crippen LogP) is 5.02. The number of carbonyl (C=O) groups excluding carboxylic acids is 1. The Morgan fingerprint density at radius 2 is 1.64 bits per heavy atom. The van der Waals surface area contributed by atoms with Crippen molar-refractivity contribution in [2.45, 2.75) is 34.1 Å². The molecule has 7 heteroatoms. The van der Waals surface area contributed by atoms with Gasteiger partial charge in [0.1, 0.15) is 11.5 Å². The number of fused-ring (bicyclic) bond motifs is 1. The largest absolute Gasteiger partial charge is 0.530 e. The van der Waals surface area contributed by atoms with Crippen LogP contribution < -0.4 is 9.26 Å². The second-order valence-electron chi connectivity index (χ2n) is 5.27. The number of hydrogen-bond acceptors (Lipinski definition) is 6. The average Bonchev–Trinajstić information content (AvgIpc) is 2.58. The molecule has 0 radical (unpaired) electrons. The molecular weight excluding hydrogens is 343 g/mol. The summed E-state index contributed by atoms with van der Waals surface area (Å²) in [4.78, 5) is 11.7. The number of aryl methyl sites for hydroxylation is 1. The van der Waals surface area contributed by atoms with Crippen molar-refractivity contribution in [3.8, 4) is 11.5 Å². The summed E-state index contributed by atoms with van der Waals surface area (Å²) < 4.78 is 34.3. The summed E-state index contributed by atoms with van der Waals surface area (Å²) in [5, 5.41) is 1.35. The fraction of sp³-hybridized carbons (Fsp3) is 0.389. The van der Waals surface area contributed by atoms with Gasteiger partial charge in [0.15, 0.2) is 0 Å². The van der Waals surface area contributed by atoms with Gasteiger partial charge in [-0.05, 0) is 32.4 Å². The number of esters is 1. The van der Waals surface area contributed by atoms with Gasteiger partial charge in [-0.15, -0.1) is 0 Å². The van der Waals surface area contributed by atoms with Gasteiger partial charge in [0.2, 0.25) is 0 Å². The molecule has 2 rings (SSSR count). The fourth-order valence-corrected chi connectivity index (χ4v) is 3.65. The summed E-state index contributed by atoms with van der Waals surface area (Å²) in [7, 11) is -3.73. The van der Waals surface area contributed by atoms with Gasteiger partial charge in [-0.3, -0.25) is 13.8 Å². The van der Waals surface area contributed by atoms with Crippen molar-refractivity contribution in [3.05, 3.63) is 35.9 Å². The second-order valence-corrected chi connectivity index (χ2v) is 6.86. The normalized spacial score (nSPS) is 11.5. The molecule has 0 saturated carbocycles. The molecule has 0 spiro atoms. The van der Waals surface area contributed by atoms with Crippen LogP contribution in [-0.2, 0) is 18.4 Å². The van der Waals surface area contributed by atoms with E-state index in [1.54, 1.807) is 33.8 Å². The number of ether oxygens (including phenoxy) is 1. The third kappa shape index (κ3) is 4.60. The lowest BCUT2D eigenvalue weighted by Crippen LogP contribution is -2.07. The van der Waals surface area contributed by atoms with Crippen molar-refractivity contribution in [2.75, 3.05) is 13.2 Å². The van der Waals surface area contributed by atoms with E-state index in [-0.39, 0.29) is 25.6 Å². The van der Waals surface area contributed by atoms with Crippen molar-refractivity contribution < 1.29 is 27.7 Å². The minimum Gasteiger partial charge on any atom is -0.426 e. The molecule has 136 valence electrons. The maximum atomic E-state index is 12.7. The predicted molar refractivity (Wildman–Crippen MR) is 96.1 cm³/mol. The highest BCUT2D eigenvalue weighted by Crippen LogP contribution is 2.52. The minimum absolute atomic E-state index is 0.195. The number of phosphoric ester groups is 1. The number of benzene rings is 2. The van der Waals surface area contributed by atoms with Gasteiger partial charge < -0.3 is 9.26 Å². The Morgan fingerprint density at radius 1 is 1.04 bits per heavy atom. The van der Waals surface area contributed by atoms with Crippen molar-refractivity contribution in [3.63, 3.8) is 0 Å². The van der Waals surface area contributed by atoms with Crippen LogP contribution in [0.1, 0.15) is 32.8 Å². The third-order valence-corrected chi connectivity index (χ3v) is 4.99. The summed E-state index contributed by atoms with van der Waals surface area (Å²) in [5.74, 6) is 0.500. The Morgan fingerprint density at radius 3 is 2.20 bits per heavy atom. The molecule has 0 atom stereocenters. The van der Waals surface area contributed by atoms with Crippen LogP contribution in [0.15, 0.2) is 30.3 Å². The first-order chi connectivity index (χ1) is 11.9. The Bertz CT molecular complexity index is 791. The zero-order valence-electron chi connectivity index (χ0n) is 14.9. The topological polar surface area (TPSA) is 71.1 Å². The first kappa shape index (κ1) is 19.4. The highest BCUT2D eigenvalue weighted by atomic mass is 31.2. The van der Waals surface area contributed by atoms with E-state index < -0.39 is 7.82 Å². The van der Waals surface area contributed by atoms with E-state index in [0.29, 0.717) is 27.8 Å². The highest BCUT2D eigenvalue weighted by molar-refractivity contribution is 7.48. The van der Waals surface area contributed by atoms with E-state index in [4.69, 9.17) is 18.3 Å². The van der Waals surface area contributed by atoms with E-state index >= 15 is 0 Å². The number of rotatable bonds is 8. The van der Waals surface area contributed by atoms with E-state index in [1.807, 2.05) is 24.3 Å². The van der Waals surface area contributed by atoms with E-state index in [2.05, 4.69) is 0 Å². The zero-order chi connectivity index (χ0) is 18.4. The van der Waals surface area contributed by atoms with Crippen molar-refractivity contribution in [2.24, 2.45) is 0 Å². The fourth-order valence-electron chi connectivity index (χ4n) is 2.37. The van der Waals surface area contributed by atoms with Crippen LogP contribution >= 0.6 is 7.82 Å².